The first kappa shape index (κ1) is 19.5. The van der Waals surface area contributed by atoms with Crippen LogP contribution in [0.25, 0.3) is 0 Å². The highest BCUT2D eigenvalue weighted by Gasteiger charge is 2.31. The quantitative estimate of drug-likeness (QED) is 0.544. The molecular formula is C21H24BrN5OS. The van der Waals surface area contributed by atoms with E-state index in [1.54, 1.807) is 18.1 Å². The minimum absolute atomic E-state index is 0.119. The van der Waals surface area contributed by atoms with Gasteiger partial charge >= 0.3 is 0 Å². The zero-order valence-electron chi connectivity index (χ0n) is 16.2. The lowest BCUT2D eigenvalue weighted by Gasteiger charge is -2.39. The summed E-state index contributed by atoms with van der Waals surface area (Å²) in [6.45, 7) is 6.68. The number of halogens is 1. The Hall–Kier alpha value is -1.45. The van der Waals surface area contributed by atoms with E-state index in [1.165, 1.54) is 10.5 Å². The van der Waals surface area contributed by atoms with E-state index < -0.39 is 0 Å². The third kappa shape index (κ3) is 3.96. The van der Waals surface area contributed by atoms with E-state index in [0.29, 0.717) is 6.17 Å². The number of carbonyl (C=O) groups excluding carboxylic acids is 1. The van der Waals surface area contributed by atoms with E-state index in [9.17, 15) is 4.79 Å². The van der Waals surface area contributed by atoms with Crippen LogP contribution < -0.4 is 4.72 Å². The third-order valence-corrected chi connectivity index (χ3v) is 7.44. The largest absolute Gasteiger partial charge is 0.337 e. The molecule has 6 nitrogen and oxygen atoms in total. The highest BCUT2D eigenvalue weighted by atomic mass is 79.9. The van der Waals surface area contributed by atoms with Gasteiger partial charge in [-0.05, 0) is 57.6 Å². The number of aromatic nitrogens is 1. The second kappa shape index (κ2) is 8.35. The molecule has 1 saturated heterocycles. The van der Waals surface area contributed by atoms with Gasteiger partial charge in [0.05, 0.1) is 11.7 Å². The lowest BCUT2D eigenvalue weighted by atomic mass is 10.0. The SMILES string of the molecule is O=C1c2cnc(Br)cc2CCN1CCN1CCN(C2NSc3ccccc32)CC1. The standard InChI is InChI=1S/C21H24BrN5OS/c22-19-13-15-5-6-27(21(28)17(15)14-23-19)12-9-25-7-10-26(11-8-25)20-16-3-1-2-4-18(16)29-24-20/h1-4,13-14,20,24H,5-12H2. The molecule has 1 aromatic heterocycles. The van der Waals surface area contributed by atoms with Gasteiger partial charge in [0.25, 0.3) is 5.91 Å². The summed E-state index contributed by atoms with van der Waals surface area (Å²) in [6, 6.07) is 10.6. The molecule has 0 bridgehead atoms. The molecule has 1 unspecified atom stereocenters. The van der Waals surface area contributed by atoms with Crippen LogP contribution in [0.2, 0.25) is 0 Å². The smallest absolute Gasteiger partial charge is 0.255 e. The normalized spacial score (nSPS) is 22.6. The van der Waals surface area contributed by atoms with Gasteiger partial charge in [0.15, 0.2) is 0 Å². The predicted octanol–water partition coefficient (Wildman–Crippen LogP) is 2.77. The van der Waals surface area contributed by atoms with Gasteiger partial charge in [-0.25, -0.2) is 9.71 Å². The van der Waals surface area contributed by atoms with E-state index in [0.717, 1.165) is 68.0 Å². The van der Waals surface area contributed by atoms with Crippen molar-refractivity contribution in [3.05, 3.63) is 57.8 Å². The van der Waals surface area contributed by atoms with Crippen molar-refractivity contribution in [2.45, 2.75) is 17.5 Å². The van der Waals surface area contributed by atoms with Crippen LogP contribution in [-0.4, -0.2) is 71.4 Å². The van der Waals surface area contributed by atoms with Gasteiger partial charge in [-0.1, -0.05) is 18.2 Å². The minimum Gasteiger partial charge on any atom is -0.337 e. The van der Waals surface area contributed by atoms with Crippen LogP contribution in [0.15, 0.2) is 46.0 Å². The second-order valence-electron chi connectivity index (χ2n) is 7.74. The Morgan fingerprint density at radius 2 is 1.97 bits per heavy atom. The maximum absolute atomic E-state index is 12.8. The average molecular weight is 474 g/mol. The number of nitrogens with one attached hydrogen (secondary N) is 1. The molecule has 152 valence electrons. The molecule has 4 heterocycles. The molecule has 1 fully saturated rings. The number of pyridine rings is 1. The Bertz CT molecular complexity index is 918. The zero-order chi connectivity index (χ0) is 19.8. The van der Waals surface area contributed by atoms with Gasteiger partial charge in [-0.2, -0.15) is 0 Å². The molecule has 8 heteroatoms. The van der Waals surface area contributed by atoms with Gasteiger partial charge in [-0.15, -0.1) is 0 Å². The molecule has 1 aromatic carbocycles. The molecule has 1 amide bonds. The summed E-state index contributed by atoms with van der Waals surface area (Å²) in [5.41, 5.74) is 3.25. The fraction of sp³-hybridized carbons (Fsp3) is 0.429. The predicted molar refractivity (Wildman–Crippen MR) is 118 cm³/mol. The topological polar surface area (TPSA) is 51.7 Å². The summed E-state index contributed by atoms with van der Waals surface area (Å²) in [6.07, 6.45) is 2.92. The van der Waals surface area contributed by atoms with Crippen LogP contribution in [0.5, 0.6) is 0 Å². The molecule has 0 aliphatic carbocycles. The number of amides is 1. The highest BCUT2D eigenvalue weighted by Crippen LogP contribution is 2.36. The number of hydrogen-bond donors (Lipinski definition) is 1. The lowest BCUT2D eigenvalue weighted by molar-refractivity contribution is 0.0649. The molecule has 29 heavy (non-hydrogen) atoms. The van der Waals surface area contributed by atoms with Gasteiger partial charge in [-0.3, -0.25) is 14.6 Å². The Morgan fingerprint density at radius 1 is 1.14 bits per heavy atom. The molecule has 3 aliphatic rings. The maximum Gasteiger partial charge on any atom is 0.255 e. The molecule has 1 N–H and O–H groups in total. The van der Waals surface area contributed by atoms with Crippen molar-refractivity contribution in [3.63, 3.8) is 0 Å². The van der Waals surface area contributed by atoms with Crippen molar-refractivity contribution < 1.29 is 4.79 Å². The fourth-order valence-corrected chi connectivity index (χ4v) is 5.71. The number of fused-ring (bicyclic) bond motifs is 2. The molecule has 0 saturated carbocycles. The molecule has 0 radical (unpaired) electrons. The number of hydrogen-bond acceptors (Lipinski definition) is 6. The Morgan fingerprint density at radius 3 is 2.83 bits per heavy atom. The summed E-state index contributed by atoms with van der Waals surface area (Å²) in [5.74, 6) is 0.119. The lowest BCUT2D eigenvalue weighted by Crippen LogP contribution is -2.51. The van der Waals surface area contributed by atoms with Crippen LogP contribution >= 0.6 is 27.9 Å². The Labute approximate surface area is 183 Å². The van der Waals surface area contributed by atoms with E-state index in [4.69, 9.17) is 0 Å². The zero-order valence-corrected chi connectivity index (χ0v) is 18.6. The second-order valence-corrected chi connectivity index (χ2v) is 9.44. The van der Waals surface area contributed by atoms with E-state index >= 15 is 0 Å². The maximum atomic E-state index is 12.8. The summed E-state index contributed by atoms with van der Waals surface area (Å²) in [5, 5.41) is 0. The number of benzene rings is 1. The van der Waals surface area contributed by atoms with Crippen molar-refractivity contribution in [1.29, 1.82) is 0 Å². The molecule has 5 rings (SSSR count). The average Bonchev–Trinajstić information content (AvgIpc) is 3.18. The van der Waals surface area contributed by atoms with E-state index in [1.807, 2.05) is 11.0 Å². The van der Waals surface area contributed by atoms with Gasteiger partial charge < -0.3 is 4.90 Å². The van der Waals surface area contributed by atoms with Crippen LogP contribution in [-0.2, 0) is 6.42 Å². The summed E-state index contributed by atoms with van der Waals surface area (Å²) < 4.78 is 4.37. The first-order chi connectivity index (χ1) is 14.2. The number of rotatable bonds is 4. The number of nitrogens with zero attached hydrogens (tertiary/aromatic N) is 4. The third-order valence-electron chi connectivity index (χ3n) is 6.08. The molecule has 0 spiro atoms. The van der Waals surface area contributed by atoms with Crippen LogP contribution in [0, 0.1) is 0 Å². The van der Waals surface area contributed by atoms with Gasteiger partial charge in [0.1, 0.15) is 4.60 Å². The van der Waals surface area contributed by atoms with Crippen LogP contribution in [0.3, 0.4) is 0 Å². The minimum atomic E-state index is 0.119. The van der Waals surface area contributed by atoms with E-state index in [2.05, 4.69) is 59.7 Å². The van der Waals surface area contributed by atoms with Crippen molar-refractivity contribution >= 4 is 33.8 Å². The molecule has 3 aliphatic heterocycles. The summed E-state index contributed by atoms with van der Waals surface area (Å²) in [4.78, 5) is 25.3. The summed E-state index contributed by atoms with van der Waals surface area (Å²) >= 11 is 5.13. The Kier molecular flexibility index (Phi) is 5.62. The van der Waals surface area contributed by atoms with Crippen molar-refractivity contribution in [2.75, 3.05) is 45.8 Å². The van der Waals surface area contributed by atoms with Crippen molar-refractivity contribution in [3.8, 4) is 0 Å². The van der Waals surface area contributed by atoms with Gasteiger partial charge in [0, 0.05) is 56.9 Å². The van der Waals surface area contributed by atoms with E-state index in [-0.39, 0.29) is 5.91 Å². The first-order valence-corrected chi connectivity index (χ1v) is 11.7. The Balaban J connectivity index is 1.13. The molecule has 1 atom stereocenters. The fourth-order valence-electron chi connectivity index (χ4n) is 4.37. The monoisotopic (exact) mass is 473 g/mol. The van der Waals surface area contributed by atoms with Crippen LogP contribution in [0.4, 0.5) is 0 Å². The van der Waals surface area contributed by atoms with Crippen molar-refractivity contribution in [1.82, 2.24) is 24.4 Å². The van der Waals surface area contributed by atoms with Gasteiger partial charge in [0.2, 0.25) is 0 Å². The number of piperazine rings is 1. The van der Waals surface area contributed by atoms with Crippen molar-refractivity contribution in [2.24, 2.45) is 0 Å². The molecule has 2 aromatic rings. The highest BCUT2D eigenvalue weighted by molar-refractivity contribution is 9.10. The summed E-state index contributed by atoms with van der Waals surface area (Å²) in [7, 11) is 0. The number of carbonyl (C=O) groups is 1. The first-order valence-electron chi connectivity index (χ1n) is 10.1. The van der Waals surface area contributed by atoms with Crippen LogP contribution in [0.1, 0.15) is 27.7 Å². The molecular weight excluding hydrogens is 450 g/mol.